The minimum atomic E-state index is -0.752. The number of halogens is 1. The average Bonchev–Trinajstić information content (AvgIpc) is 2.89. The van der Waals surface area contributed by atoms with Crippen LogP contribution in [-0.2, 0) is 14.3 Å². The second kappa shape index (κ2) is 7.70. The van der Waals surface area contributed by atoms with Crippen LogP contribution in [0.3, 0.4) is 0 Å². The molecule has 2 rings (SSSR count). The second-order valence-electron chi connectivity index (χ2n) is 5.23. The van der Waals surface area contributed by atoms with Crippen molar-refractivity contribution in [3.63, 3.8) is 0 Å². The Balaban J connectivity index is 0.00000180. The topological polar surface area (TPSA) is 66.8 Å². The van der Waals surface area contributed by atoms with Crippen LogP contribution in [0.2, 0.25) is 0 Å². The number of likely N-dealkylation sites (tertiary alicyclic amines) is 1. The van der Waals surface area contributed by atoms with Gasteiger partial charge in [-0.25, -0.2) is 0 Å². The molecule has 0 aromatic rings. The number of carboxylic acid groups (broad SMARTS) is 1. The van der Waals surface area contributed by atoms with E-state index in [-0.39, 0.29) is 30.8 Å². The Bertz CT molecular complexity index is 318. The van der Waals surface area contributed by atoms with Crippen LogP contribution >= 0.6 is 12.4 Å². The second-order valence-corrected chi connectivity index (χ2v) is 5.23. The third-order valence-electron chi connectivity index (χ3n) is 3.80. The van der Waals surface area contributed by atoms with E-state index in [4.69, 9.17) is 9.84 Å². The van der Waals surface area contributed by atoms with Crippen LogP contribution in [0.15, 0.2) is 0 Å². The molecule has 0 saturated carbocycles. The Kier molecular flexibility index (Phi) is 6.58. The van der Waals surface area contributed by atoms with E-state index in [0.29, 0.717) is 25.5 Å². The summed E-state index contributed by atoms with van der Waals surface area (Å²) in [6.45, 7) is 2.18. The summed E-state index contributed by atoms with van der Waals surface area (Å²) in [6, 6.07) is 0. The van der Waals surface area contributed by atoms with E-state index < -0.39 is 5.97 Å². The molecule has 0 bridgehead atoms. The highest BCUT2D eigenvalue weighted by atomic mass is 35.5. The molecular formula is C13H22ClNO4. The molecule has 1 N–H and O–H groups in total. The van der Waals surface area contributed by atoms with Gasteiger partial charge in [0.05, 0.1) is 0 Å². The number of hydrogen-bond donors (Lipinski definition) is 1. The van der Waals surface area contributed by atoms with Crippen LogP contribution in [0.4, 0.5) is 0 Å². The quantitative estimate of drug-likeness (QED) is 0.856. The highest BCUT2D eigenvalue weighted by Crippen LogP contribution is 2.23. The van der Waals surface area contributed by atoms with Gasteiger partial charge in [0, 0.05) is 26.1 Å². The normalized spacial score (nSPS) is 26.8. The molecule has 2 saturated heterocycles. The van der Waals surface area contributed by atoms with E-state index >= 15 is 0 Å². The van der Waals surface area contributed by atoms with E-state index in [1.165, 1.54) is 0 Å². The number of hydrogen-bond acceptors (Lipinski definition) is 3. The zero-order valence-corrected chi connectivity index (χ0v) is 11.9. The van der Waals surface area contributed by atoms with Gasteiger partial charge < -0.3 is 14.7 Å². The number of carbonyl (C=O) groups is 2. The van der Waals surface area contributed by atoms with E-state index in [9.17, 15) is 9.59 Å². The van der Waals surface area contributed by atoms with Gasteiger partial charge >= 0.3 is 5.97 Å². The molecule has 5 nitrogen and oxygen atoms in total. The number of rotatable bonds is 4. The van der Waals surface area contributed by atoms with Crippen molar-refractivity contribution in [3.05, 3.63) is 0 Å². The van der Waals surface area contributed by atoms with Gasteiger partial charge in [-0.3, -0.25) is 9.59 Å². The predicted octanol–water partition coefficient (Wildman–Crippen LogP) is 1.69. The zero-order valence-electron chi connectivity index (χ0n) is 11.0. The number of carboxylic acids is 1. The molecule has 19 heavy (non-hydrogen) atoms. The standard InChI is InChI=1S/C13H21NO4.ClH/c15-12(16)6-5-10-3-1-7-14(9-10)13(17)11-4-2-8-18-11;/h10-11H,1-9H2,(H,15,16);1H. The van der Waals surface area contributed by atoms with Crippen molar-refractivity contribution < 1.29 is 19.4 Å². The molecule has 2 aliphatic heterocycles. The number of piperidine rings is 1. The van der Waals surface area contributed by atoms with Crippen molar-refractivity contribution in [2.24, 2.45) is 5.92 Å². The van der Waals surface area contributed by atoms with E-state index in [1.54, 1.807) is 0 Å². The molecule has 110 valence electrons. The molecule has 2 aliphatic rings. The summed E-state index contributed by atoms with van der Waals surface area (Å²) in [5, 5.41) is 8.69. The lowest BCUT2D eigenvalue weighted by Crippen LogP contribution is -2.44. The lowest BCUT2D eigenvalue weighted by Gasteiger charge is -2.34. The Morgan fingerprint density at radius 1 is 1.26 bits per heavy atom. The third kappa shape index (κ3) is 4.66. The fourth-order valence-corrected chi connectivity index (χ4v) is 2.80. The lowest BCUT2D eigenvalue weighted by molar-refractivity contribution is -0.142. The number of ether oxygens (including phenoxy) is 1. The van der Waals surface area contributed by atoms with Gasteiger partial charge in [-0.2, -0.15) is 0 Å². The van der Waals surface area contributed by atoms with Crippen LogP contribution in [0.1, 0.15) is 38.5 Å². The first-order valence-electron chi connectivity index (χ1n) is 6.79. The van der Waals surface area contributed by atoms with Crippen molar-refractivity contribution in [2.75, 3.05) is 19.7 Å². The van der Waals surface area contributed by atoms with Crippen molar-refractivity contribution in [1.29, 1.82) is 0 Å². The molecule has 6 heteroatoms. The molecule has 0 aliphatic carbocycles. The van der Waals surface area contributed by atoms with Gasteiger partial charge in [-0.15, -0.1) is 12.4 Å². The van der Waals surface area contributed by atoms with Gasteiger partial charge in [-0.1, -0.05) is 0 Å². The van der Waals surface area contributed by atoms with Crippen LogP contribution in [0.25, 0.3) is 0 Å². The van der Waals surface area contributed by atoms with Crippen molar-refractivity contribution >= 4 is 24.3 Å². The van der Waals surface area contributed by atoms with Crippen LogP contribution in [0.5, 0.6) is 0 Å². The van der Waals surface area contributed by atoms with Crippen LogP contribution < -0.4 is 0 Å². The van der Waals surface area contributed by atoms with E-state index in [2.05, 4.69) is 0 Å². The number of aliphatic carboxylic acids is 1. The summed E-state index contributed by atoms with van der Waals surface area (Å²) in [4.78, 5) is 24.6. The molecule has 0 spiro atoms. The molecule has 0 aromatic carbocycles. The van der Waals surface area contributed by atoms with E-state index in [0.717, 1.165) is 32.2 Å². The van der Waals surface area contributed by atoms with Gasteiger partial charge in [0.25, 0.3) is 5.91 Å². The number of amides is 1. The van der Waals surface area contributed by atoms with Crippen molar-refractivity contribution in [1.82, 2.24) is 4.90 Å². The summed E-state index contributed by atoms with van der Waals surface area (Å²) in [5.41, 5.74) is 0. The summed E-state index contributed by atoms with van der Waals surface area (Å²) < 4.78 is 5.42. The monoisotopic (exact) mass is 291 g/mol. The first kappa shape index (κ1) is 16.2. The van der Waals surface area contributed by atoms with Crippen LogP contribution in [0, 0.1) is 5.92 Å². The van der Waals surface area contributed by atoms with Gasteiger partial charge in [0.1, 0.15) is 6.10 Å². The number of nitrogens with zero attached hydrogens (tertiary/aromatic N) is 1. The van der Waals surface area contributed by atoms with E-state index in [1.807, 2.05) is 4.90 Å². The Morgan fingerprint density at radius 3 is 2.68 bits per heavy atom. The maximum atomic E-state index is 12.2. The summed E-state index contributed by atoms with van der Waals surface area (Å²) >= 11 is 0. The maximum absolute atomic E-state index is 12.2. The predicted molar refractivity (Wildman–Crippen MR) is 72.4 cm³/mol. The molecule has 0 radical (unpaired) electrons. The van der Waals surface area contributed by atoms with Gasteiger partial charge in [-0.05, 0) is 38.0 Å². The molecular weight excluding hydrogens is 270 g/mol. The molecule has 1 amide bonds. The SMILES string of the molecule is Cl.O=C(O)CCC1CCCN(C(=O)C2CCCO2)C1. The summed E-state index contributed by atoms with van der Waals surface area (Å²) in [6.07, 6.45) is 4.42. The third-order valence-corrected chi connectivity index (χ3v) is 3.80. The fourth-order valence-electron chi connectivity index (χ4n) is 2.80. The maximum Gasteiger partial charge on any atom is 0.303 e. The highest BCUT2D eigenvalue weighted by molar-refractivity contribution is 5.85. The highest BCUT2D eigenvalue weighted by Gasteiger charge is 2.31. The minimum Gasteiger partial charge on any atom is -0.481 e. The van der Waals surface area contributed by atoms with Crippen molar-refractivity contribution in [3.8, 4) is 0 Å². The Hall–Kier alpha value is -0.810. The minimum absolute atomic E-state index is 0. The lowest BCUT2D eigenvalue weighted by atomic mass is 9.93. The first-order chi connectivity index (χ1) is 8.66. The van der Waals surface area contributed by atoms with Gasteiger partial charge in [0.2, 0.25) is 0 Å². The average molecular weight is 292 g/mol. The number of carbonyl (C=O) groups excluding carboxylic acids is 1. The fraction of sp³-hybridized carbons (Fsp3) is 0.846. The summed E-state index contributed by atoms with van der Waals surface area (Å²) in [7, 11) is 0. The first-order valence-corrected chi connectivity index (χ1v) is 6.79. The largest absolute Gasteiger partial charge is 0.481 e. The van der Waals surface area contributed by atoms with Crippen molar-refractivity contribution in [2.45, 2.75) is 44.6 Å². The summed E-state index contributed by atoms with van der Waals surface area (Å²) in [5.74, 6) is -0.315. The smallest absolute Gasteiger partial charge is 0.303 e. The molecule has 2 unspecified atom stereocenters. The molecule has 2 fully saturated rings. The van der Waals surface area contributed by atoms with Gasteiger partial charge in [0.15, 0.2) is 0 Å². The molecule has 0 aromatic heterocycles. The Labute approximate surface area is 119 Å². The Morgan fingerprint density at radius 2 is 2.05 bits per heavy atom. The zero-order chi connectivity index (χ0) is 13.0. The molecule has 2 atom stereocenters. The molecule has 2 heterocycles. The van der Waals surface area contributed by atoms with Crippen LogP contribution in [-0.4, -0.2) is 47.7 Å².